The van der Waals surface area contributed by atoms with Gasteiger partial charge in [-0.05, 0) is 67.1 Å². The molecule has 1 aromatic heterocycles. The maximum absolute atomic E-state index is 12.9. The van der Waals surface area contributed by atoms with E-state index in [9.17, 15) is 4.79 Å². The van der Waals surface area contributed by atoms with Crippen molar-refractivity contribution in [3.05, 3.63) is 78.1 Å². The third kappa shape index (κ3) is 6.38. The third-order valence-corrected chi connectivity index (χ3v) is 4.74. The second-order valence-electron chi connectivity index (χ2n) is 6.99. The highest BCUT2D eigenvalue weighted by molar-refractivity contribution is 5.94. The van der Waals surface area contributed by atoms with E-state index in [0.717, 1.165) is 17.1 Å². The van der Waals surface area contributed by atoms with Crippen molar-refractivity contribution in [1.82, 2.24) is 9.88 Å². The number of benzene rings is 2. The van der Waals surface area contributed by atoms with E-state index in [4.69, 9.17) is 18.9 Å². The number of hydrogen-bond acceptors (Lipinski definition) is 6. The van der Waals surface area contributed by atoms with Crippen LogP contribution in [0.5, 0.6) is 23.0 Å². The molecule has 0 unspecified atom stereocenters. The van der Waals surface area contributed by atoms with Crippen LogP contribution in [0.3, 0.4) is 0 Å². The summed E-state index contributed by atoms with van der Waals surface area (Å²) in [5, 5.41) is 0. The molecule has 7 nitrogen and oxygen atoms in total. The Morgan fingerprint density at radius 1 is 0.906 bits per heavy atom. The number of carbonyl (C=O) groups excluding carboxylic acids is 1. The van der Waals surface area contributed by atoms with Crippen LogP contribution in [0.1, 0.15) is 22.8 Å². The van der Waals surface area contributed by atoms with Crippen molar-refractivity contribution in [2.75, 3.05) is 33.9 Å². The van der Waals surface area contributed by atoms with Gasteiger partial charge in [0.15, 0.2) is 11.5 Å². The zero-order chi connectivity index (χ0) is 22.8. The van der Waals surface area contributed by atoms with E-state index >= 15 is 0 Å². The van der Waals surface area contributed by atoms with Gasteiger partial charge in [-0.3, -0.25) is 9.78 Å². The summed E-state index contributed by atoms with van der Waals surface area (Å²) < 4.78 is 22.5. The molecule has 1 heterocycles. The number of rotatable bonds is 11. The largest absolute Gasteiger partial charge is 0.497 e. The predicted octanol–water partition coefficient (Wildman–Crippen LogP) is 4.22. The van der Waals surface area contributed by atoms with Gasteiger partial charge >= 0.3 is 0 Å². The molecule has 0 aliphatic rings. The average molecular weight is 437 g/mol. The number of methoxy groups -OCH3 is 1. The SMILES string of the molecule is CCOc1cc(C(=O)N(C)CCOc2ccc(OC)cc2)ccc1OCc1ccncc1. The van der Waals surface area contributed by atoms with Crippen molar-refractivity contribution in [1.29, 1.82) is 0 Å². The molecule has 0 saturated carbocycles. The van der Waals surface area contributed by atoms with Gasteiger partial charge in [-0.2, -0.15) is 0 Å². The molecular formula is C25H28N2O5. The van der Waals surface area contributed by atoms with Crippen LogP contribution in [0.4, 0.5) is 0 Å². The van der Waals surface area contributed by atoms with Crippen LogP contribution in [-0.2, 0) is 6.61 Å². The Labute approximate surface area is 188 Å². The average Bonchev–Trinajstić information content (AvgIpc) is 2.84. The lowest BCUT2D eigenvalue weighted by Crippen LogP contribution is -2.30. The minimum Gasteiger partial charge on any atom is -0.497 e. The van der Waals surface area contributed by atoms with Gasteiger partial charge in [0.2, 0.25) is 0 Å². The van der Waals surface area contributed by atoms with Crippen LogP contribution >= 0.6 is 0 Å². The first-order chi connectivity index (χ1) is 15.6. The van der Waals surface area contributed by atoms with Gasteiger partial charge in [0.25, 0.3) is 5.91 Å². The van der Waals surface area contributed by atoms with Gasteiger partial charge in [0.1, 0.15) is 24.7 Å². The molecular weight excluding hydrogens is 408 g/mol. The highest BCUT2D eigenvalue weighted by Gasteiger charge is 2.15. The molecule has 0 aliphatic carbocycles. The van der Waals surface area contributed by atoms with Crippen molar-refractivity contribution < 1.29 is 23.7 Å². The van der Waals surface area contributed by atoms with Crippen LogP contribution in [0, 0.1) is 0 Å². The van der Waals surface area contributed by atoms with E-state index < -0.39 is 0 Å². The minimum atomic E-state index is -0.120. The van der Waals surface area contributed by atoms with Crippen molar-refractivity contribution in [2.45, 2.75) is 13.5 Å². The summed E-state index contributed by atoms with van der Waals surface area (Å²) >= 11 is 0. The number of amides is 1. The summed E-state index contributed by atoms with van der Waals surface area (Å²) in [5.41, 5.74) is 1.52. The van der Waals surface area contributed by atoms with Gasteiger partial charge in [-0.25, -0.2) is 0 Å². The fourth-order valence-corrected chi connectivity index (χ4v) is 2.96. The van der Waals surface area contributed by atoms with Crippen LogP contribution < -0.4 is 18.9 Å². The quantitative estimate of drug-likeness (QED) is 0.448. The number of ether oxygens (including phenoxy) is 4. The lowest BCUT2D eigenvalue weighted by atomic mass is 10.1. The molecule has 0 N–H and O–H groups in total. The number of likely N-dealkylation sites (N-methyl/N-ethyl adjacent to an activating group) is 1. The first kappa shape index (κ1) is 22.9. The Hall–Kier alpha value is -3.74. The Balaban J connectivity index is 1.58. The van der Waals surface area contributed by atoms with Gasteiger partial charge < -0.3 is 23.8 Å². The number of hydrogen-bond donors (Lipinski definition) is 0. The summed E-state index contributed by atoms with van der Waals surface area (Å²) in [6.45, 7) is 3.56. The molecule has 0 aliphatic heterocycles. The molecule has 168 valence electrons. The summed E-state index contributed by atoms with van der Waals surface area (Å²) in [7, 11) is 3.36. The smallest absolute Gasteiger partial charge is 0.253 e. The van der Waals surface area contributed by atoms with Crippen molar-refractivity contribution in [3.8, 4) is 23.0 Å². The lowest BCUT2D eigenvalue weighted by Gasteiger charge is -2.19. The fraction of sp³-hybridized carbons (Fsp3) is 0.280. The molecule has 0 fully saturated rings. The fourth-order valence-electron chi connectivity index (χ4n) is 2.96. The molecule has 0 bridgehead atoms. The van der Waals surface area contributed by atoms with Gasteiger partial charge in [-0.1, -0.05) is 0 Å². The monoisotopic (exact) mass is 436 g/mol. The molecule has 32 heavy (non-hydrogen) atoms. The van der Waals surface area contributed by atoms with E-state index in [1.54, 1.807) is 49.7 Å². The normalized spacial score (nSPS) is 10.3. The van der Waals surface area contributed by atoms with E-state index in [0.29, 0.717) is 43.4 Å². The van der Waals surface area contributed by atoms with E-state index in [2.05, 4.69) is 4.98 Å². The molecule has 7 heteroatoms. The highest BCUT2D eigenvalue weighted by Crippen LogP contribution is 2.29. The molecule has 0 radical (unpaired) electrons. The highest BCUT2D eigenvalue weighted by atomic mass is 16.5. The van der Waals surface area contributed by atoms with Crippen LogP contribution in [0.25, 0.3) is 0 Å². The van der Waals surface area contributed by atoms with Gasteiger partial charge in [-0.15, -0.1) is 0 Å². The Kier molecular flexibility index (Phi) is 8.31. The summed E-state index contributed by atoms with van der Waals surface area (Å²) in [4.78, 5) is 18.5. The number of aromatic nitrogens is 1. The Morgan fingerprint density at radius 3 is 2.31 bits per heavy atom. The summed E-state index contributed by atoms with van der Waals surface area (Å²) in [6.07, 6.45) is 3.44. The summed E-state index contributed by atoms with van der Waals surface area (Å²) in [6, 6.07) is 16.3. The Bertz CT molecular complexity index is 993. The first-order valence-corrected chi connectivity index (χ1v) is 10.4. The van der Waals surface area contributed by atoms with Gasteiger partial charge in [0, 0.05) is 25.0 Å². The van der Waals surface area contributed by atoms with E-state index in [1.165, 1.54) is 0 Å². The molecule has 0 saturated heterocycles. The van der Waals surface area contributed by atoms with E-state index in [1.807, 2.05) is 43.3 Å². The van der Waals surface area contributed by atoms with Crippen molar-refractivity contribution >= 4 is 5.91 Å². The van der Waals surface area contributed by atoms with Crippen LogP contribution in [0.15, 0.2) is 67.0 Å². The molecule has 2 aromatic carbocycles. The lowest BCUT2D eigenvalue weighted by molar-refractivity contribution is 0.0773. The molecule has 0 atom stereocenters. The molecule has 3 aromatic rings. The zero-order valence-corrected chi connectivity index (χ0v) is 18.6. The number of carbonyl (C=O) groups is 1. The second kappa shape index (κ2) is 11.6. The second-order valence-corrected chi connectivity index (χ2v) is 6.99. The molecule has 1 amide bonds. The Morgan fingerprint density at radius 2 is 1.62 bits per heavy atom. The van der Waals surface area contributed by atoms with Crippen LogP contribution in [0.2, 0.25) is 0 Å². The number of pyridine rings is 1. The number of nitrogens with zero attached hydrogens (tertiary/aromatic N) is 2. The summed E-state index contributed by atoms with van der Waals surface area (Å²) in [5.74, 6) is 2.50. The van der Waals surface area contributed by atoms with Crippen LogP contribution in [-0.4, -0.2) is 49.7 Å². The maximum Gasteiger partial charge on any atom is 0.253 e. The standard InChI is InChI=1S/C25H28N2O5/c1-4-30-24-17-20(5-10-23(24)32-18-19-11-13-26-14-12-19)25(28)27(2)15-16-31-22-8-6-21(29-3)7-9-22/h5-14,17H,4,15-16,18H2,1-3H3. The zero-order valence-electron chi connectivity index (χ0n) is 18.6. The third-order valence-electron chi connectivity index (χ3n) is 4.74. The topological polar surface area (TPSA) is 70.1 Å². The molecule has 3 rings (SSSR count). The predicted molar refractivity (Wildman–Crippen MR) is 122 cm³/mol. The van der Waals surface area contributed by atoms with Crippen molar-refractivity contribution in [3.63, 3.8) is 0 Å². The first-order valence-electron chi connectivity index (χ1n) is 10.4. The van der Waals surface area contributed by atoms with Crippen molar-refractivity contribution in [2.24, 2.45) is 0 Å². The van der Waals surface area contributed by atoms with Gasteiger partial charge in [0.05, 0.1) is 20.3 Å². The maximum atomic E-state index is 12.9. The molecule has 0 spiro atoms. The minimum absolute atomic E-state index is 0.120. The van der Waals surface area contributed by atoms with E-state index in [-0.39, 0.29) is 5.91 Å².